The molecule has 0 bridgehead atoms. The molecule has 3 N–H and O–H groups in total. The molecule has 2 heterocycles. The summed E-state index contributed by atoms with van der Waals surface area (Å²) in [6.07, 6.45) is 7.17. The first-order chi connectivity index (χ1) is 12.4. The van der Waals surface area contributed by atoms with E-state index in [4.69, 9.17) is 5.73 Å². The van der Waals surface area contributed by atoms with Crippen molar-refractivity contribution in [2.24, 2.45) is 25.7 Å². The van der Waals surface area contributed by atoms with Gasteiger partial charge in [-0.3, -0.25) is 18.7 Å². The summed E-state index contributed by atoms with van der Waals surface area (Å²) < 4.78 is 3.81. The van der Waals surface area contributed by atoms with Crippen LogP contribution in [0.5, 0.6) is 0 Å². The molecular weight excluding hydrogens is 336 g/mol. The fourth-order valence-corrected chi connectivity index (χ4v) is 3.83. The Balaban J connectivity index is 1.81. The van der Waals surface area contributed by atoms with Crippen LogP contribution in [-0.4, -0.2) is 37.2 Å². The fraction of sp³-hybridized carbons (Fsp3) is 0.647. The number of imidazole rings is 1. The Morgan fingerprint density at radius 2 is 1.96 bits per heavy atom. The van der Waals surface area contributed by atoms with Gasteiger partial charge in [-0.05, 0) is 18.8 Å². The van der Waals surface area contributed by atoms with Crippen LogP contribution >= 0.6 is 0 Å². The number of nitrogens with one attached hydrogen (secondary N) is 1. The summed E-state index contributed by atoms with van der Waals surface area (Å²) in [7, 11) is 2.96. The lowest BCUT2D eigenvalue weighted by molar-refractivity contribution is -0.122. The van der Waals surface area contributed by atoms with E-state index in [0.29, 0.717) is 12.5 Å². The van der Waals surface area contributed by atoms with E-state index in [1.165, 1.54) is 41.8 Å². The number of aryl methyl sites for hydroxylation is 1. The smallest absolute Gasteiger partial charge is 0.332 e. The lowest BCUT2D eigenvalue weighted by Gasteiger charge is -2.30. The maximum atomic E-state index is 12.5. The highest BCUT2D eigenvalue weighted by molar-refractivity contribution is 5.79. The van der Waals surface area contributed by atoms with Gasteiger partial charge in [-0.1, -0.05) is 19.3 Å². The molecule has 3 rings (SSSR count). The first-order valence-corrected chi connectivity index (χ1v) is 9.04. The lowest BCUT2D eigenvalue weighted by atomic mass is 9.84. The molecule has 9 nitrogen and oxygen atoms in total. The summed E-state index contributed by atoms with van der Waals surface area (Å²) in [5, 5.41) is 3.01. The minimum atomic E-state index is -0.462. The van der Waals surface area contributed by atoms with Gasteiger partial charge >= 0.3 is 5.69 Å². The molecule has 1 fully saturated rings. The van der Waals surface area contributed by atoms with Crippen molar-refractivity contribution >= 4 is 17.1 Å². The van der Waals surface area contributed by atoms with Gasteiger partial charge in [-0.25, -0.2) is 9.78 Å². The van der Waals surface area contributed by atoms with Crippen LogP contribution in [-0.2, 0) is 25.4 Å². The number of carbonyl (C=O) groups is 1. The minimum Gasteiger partial charge on any atom is -0.350 e. The molecule has 26 heavy (non-hydrogen) atoms. The number of hydrogen-bond acceptors (Lipinski definition) is 5. The Morgan fingerprint density at radius 3 is 2.62 bits per heavy atom. The van der Waals surface area contributed by atoms with Crippen LogP contribution in [0.3, 0.4) is 0 Å². The highest BCUT2D eigenvalue weighted by Gasteiger charge is 2.24. The van der Waals surface area contributed by atoms with Gasteiger partial charge in [0.25, 0.3) is 5.56 Å². The molecule has 2 aromatic heterocycles. The average Bonchev–Trinajstić information content (AvgIpc) is 3.07. The Labute approximate surface area is 150 Å². The summed E-state index contributed by atoms with van der Waals surface area (Å²) in [6, 6.07) is -0.0511. The lowest BCUT2D eigenvalue weighted by Crippen LogP contribution is -2.47. The maximum Gasteiger partial charge on any atom is 0.332 e. The number of hydrogen-bond donors (Lipinski definition) is 2. The van der Waals surface area contributed by atoms with Gasteiger partial charge in [-0.15, -0.1) is 0 Å². The number of aromatic nitrogens is 4. The molecule has 2 aromatic rings. The van der Waals surface area contributed by atoms with Crippen molar-refractivity contribution in [2.75, 3.05) is 6.54 Å². The standard InChI is InChI=1S/C17H26N6O3/c1-21-15-14(16(25)22(2)17(21)26)23(10-19-15)9-13(24)20-12(8-18)11-6-4-3-5-7-11/h10-12H,3-9,18H2,1-2H3,(H,20,24). The quantitative estimate of drug-likeness (QED) is 0.741. The SMILES string of the molecule is Cn1c(=O)c2c(ncn2CC(=O)NC(CN)C2CCCCC2)n(C)c1=O. The van der Waals surface area contributed by atoms with Crippen LogP contribution in [0.4, 0.5) is 0 Å². The second kappa shape index (κ2) is 7.45. The molecular formula is C17H26N6O3. The average molecular weight is 362 g/mol. The van der Waals surface area contributed by atoms with Crippen molar-refractivity contribution in [1.29, 1.82) is 0 Å². The maximum absolute atomic E-state index is 12.5. The van der Waals surface area contributed by atoms with Crippen molar-refractivity contribution < 1.29 is 4.79 Å². The molecule has 0 spiro atoms. The Hall–Kier alpha value is -2.42. The predicted molar refractivity (Wildman–Crippen MR) is 97.8 cm³/mol. The van der Waals surface area contributed by atoms with Crippen LogP contribution in [0.25, 0.3) is 11.2 Å². The second-order valence-corrected chi connectivity index (χ2v) is 7.06. The van der Waals surface area contributed by atoms with Crippen LogP contribution in [0.15, 0.2) is 15.9 Å². The fourth-order valence-electron chi connectivity index (χ4n) is 3.83. The topological polar surface area (TPSA) is 117 Å². The van der Waals surface area contributed by atoms with Crippen molar-refractivity contribution in [1.82, 2.24) is 24.0 Å². The van der Waals surface area contributed by atoms with Gasteiger partial charge in [0, 0.05) is 26.7 Å². The van der Waals surface area contributed by atoms with Crippen LogP contribution in [0.2, 0.25) is 0 Å². The van der Waals surface area contributed by atoms with Gasteiger partial charge in [0.15, 0.2) is 11.2 Å². The Bertz CT molecular complexity index is 919. The second-order valence-electron chi connectivity index (χ2n) is 7.06. The van der Waals surface area contributed by atoms with Crippen molar-refractivity contribution in [3.63, 3.8) is 0 Å². The Morgan fingerprint density at radius 1 is 1.27 bits per heavy atom. The predicted octanol–water partition coefficient (Wildman–Crippen LogP) is -0.542. The van der Waals surface area contributed by atoms with E-state index < -0.39 is 11.2 Å². The van der Waals surface area contributed by atoms with Gasteiger partial charge < -0.3 is 15.6 Å². The molecule has 1 atom stereocenters. The van der Waals surface area contributed by atoms with E-state index in [2.05, 4.69) is 10.3 Å². The zero-order valence-corrected chi connectivity index (χ0v) is 15.3. The van der Waals surface area contributed by atoms with Gasteiger partial charge in [-0.2, -0.15) is 0 Å². The van der Waals surface area contributed by atoms with Crippen molar-refractivity contribution in [3.05, 3.63) is 27.2 Å². The van der Waals surface area contributed by atoms with Gasteiger partial charge in [0.1, 0.15) is 6.54 Å². The first-order valence-electron chi connectivity index (χ1n) is 9.04. The van der Waals surface area contributed by atoms with Crippen LogP contribution in [0, 0.1) is 5.92 Å². The number of nitrogens with zero attached hydrogens (tertiary/aromatic N) is 4. The van der Waals surface area contributed by atoms with Gasteiger partial charge in [0.2, 0.25) is 5.91 Å². The largest absolute Gasteiger partial charge is 0.350 e. The van der Waals surface area contributed by atoms with E-state index >= 15 is 0 Å². The first kappa shape index (κ1) is 18.4. The third-order valence-corrected chi connectivity index (χ3v) is 5.35. The third-order valence-electron chi connectivity index (χ3n) is 5.35. The molecule has 1 amide bonds. The summed E-state index contributed by atoms with van der Waals surface area (Å²) in [4.78, 5) is 41.1. The molecule has 9 heteroatoms. The molecule has 1 aliphatic carbocycles. The molecule has 0 aromatic carbocycles. The number of amides is 1. The van der Waals surface area contributed by atoms with E-state index in [0.717, 1.165) is 17.4 Å². The summed E-state index contributed by atoms with van der Waals surface area (Å²) in [5.41, 5.74) is 5.48. The van der Waals surface area contributed by atoms with E-state index in [1.54, 1.807) is 7.05 Å². The van der Waals surface area contributed by atoms with Crippen LogP contribution in [0.1, 0.15) is 32.1 Å². The van der Waals surface area contributed by atoms with Crippen LogP contribution < -0.4 is 22.3 Å². The zero-order chi connectivity index (χ0) is 18.8. The molecule has 1 unspecified atom stereocenters. The minimum absolute atomic E-state index is 0.0346. The normalized spacial score (nSPS) is 16.7. The monoisotopic (exact) mass is 362 g/mol. The number of carbonyl (C=O) groups excluding carboxylic acids is 1. The molecule has 1 saturated carbocycles. The van der Waals surface area contributed by atoms with E-state index in [1.807, 2.05) is 0 Å². The van der Waals surface area contributed by atoms with E-state index in [9.17, 15) is 14.4 Å². The van der Waals surface area contributed by atoms with E-state index in [-0.39, 0.29) is 29.7 Å². The summed E-state index contributed by atoms with van der Waals surface area (Å²) in [5.74, 6) is 0.201. The van der Waals surface area contributed by atoms with Crippen molar-refractivity contribution in [2.45, 2.75) is 44.7 Å². The highest BCUT2D eigenvalue weighted by Crippen LogP contribution is 2.26. The number of rotatable bonds is 5. The highest BCUT2D eigenvalue weighted by atomic mass is 16.2. The third kappa shape index (κ3) is 3.31. The zero-order valence-electron chi connectivity index (χ0n) is 15.3. The van der Waals surface area contributed by atoms with Crippen molar-refractivity contribution in [3.8, 4) is 0 Å². The molecule has 0 radical (unpaired) electrons. The summed E-state index contributed by atoms with van der Waals surface area (Å²) in [6.45, 7) is 0.366. The number of nitrogens with two attached hydrogens (primary N) is 1. The summed E-state index contributed by atoms with van der Waals surface area (Å²) >= 11 is 0. The molecule has 1 aliphatic rings. The molecule has 142 valence electrons. The number of fused-ring (bicyclic) bond motifs is 1. The molecule has 0 aliphatic heterocycles. The van der Waals surface area contributed by atoms with Gasteiger partial charge in [0.05, 0.1) is 6.33 Å². The Kier molecular flexibility index (Phi) is 5.26. The molecule has 0 saturated heterocycles.